The molecule has 1 aromatic rings. The molecule has 0 aromatic heterocycles. The van der Waals surface area contributed by atoms with Gasteiger partial charge in [-0.1, -0.05) is 13.8 Å². The van der Waals surface area contributed by atoms with Gasteiger partial charge in [0.05, 0.1) is 13.7 Å². The summed E-state index contributed by atoms with van der Waals surface area (Å²) in [6, 6.07) is 5.52. The van der Waals surface area contributed by atoms with Gasteiger partial charge >= 0.3 is 0 Å². The maximum Gasteiger partial charge on any atom is 0.234 e. The van der Waals surface area contributed by atoms with E-state index in [9.17, 15) is 4.79 Å². The molecule has 0 fully saturated rings. The van der Waals surface area contributed by atoms with E-state index in [0.29, 0.717) is 31.2 Å². The van der Waals surface area contributed by atoms with Crippen molar-refractivity contribution < 1.29 is 9.53 Å². The van der Waals surface area contributed by atoms with E-state index in [0.717, 1.165) is 11.3 Å². The number of rotatable bonds is 7. The number of hydrogen-bond donors (Lipinski definition) is 2. The highest BCUT2D eigenvalue weighted by atomic mass is 16.5. The van der Waals surface area contributed by atoms with Crippen molar-refractivity contribution in [1.29, 1.82) is 0 Å². The average molecular weight is 279 g/mol. The van der Waals surface area contributed by atoms with Gasteiger partial charge < -0.3 is 15.8 Å². The highest BCUT2D eigenvalue weighted by molar-refractivity contribution is 5.77. The van der Waals surface area contributed by atoms with Crippen molar-refractivity contribution in [2.45, 2.75) is 20.4 Å². The number of carbonyl (C=O) groups is 1. The minimum Gasteiger partial charge on any atom is -0.496 e. The fourth-order valence-electron chi connectivity index (χ4n) is 1.89. The lowest BCUT2D eigenvalue weighted by molar-refractivity contribution is -0.122. The Kier molecular flexibility index (Phi) is 6.31. The number of anilines is 1. The number of nitrogens with one attached hydrogen (secondary N) is 1. The number of methoxy groups -OCH3 is 1. The second-order valence-electron chi connectivity index (χ2n) is 5.44. The van der Waals surface area contributed by atoms with Crippen LogP contribution in [0.25, 0.3) is 0 Å². The molecule has 5 nitrogen and oxygen atoms in total. The lowest BCUT2D eigenvalue weighted by atomic mass is 10.1. The van der Waals surface area contributed by atoms with E-state index < -0.39 is 0 Å². The van der Waals surface area contributed by atoms with Gasteiger partial charge in [0.1, 0.15) is 5.75 Å². The summed E-state index contributed by atoms with van der Waals surface area (Å²) in [7, 11) is 3.53. The van der Waals surface area contributed by atoms with Crippen molar-refractivity contribution in [2.75, 3.05) is 33.0 Å². The van der Waals surface area contributed by atoms with Gasteiger partial charge in [-0.2, -0.15) is 0 Å². The van der Waals surface area contributed by atoms with Gasteiger partial charge in [-0.25, -0.2) is 0 Å². The van der Waals surface area contributed by atoms with Crippen LogP contribution in [0.15, 0.2) is 18.2 Å². The van der Waals surface area contributed by atoms with E-state index in [2.05, 4.69) is 19.2 Å². The van der Waals surface area contributed by atoms with Crippen LogP contribution in [-0.4, -0.2) is 38.1 Å². The molecule has 0 saturated carbocycles. The zero-order valence-electron chi connectivity index (χ0n) is 12.8. The van der Waals surface area contributed by atoms with Gasteiger partial charge in [0.2, 0.25) is 5.91 Å². The minimum atomic E-state index is 0.0315. The Morgan fingerprint density at radius 2 is 2.15 bits per heavy atom. The molecule has 0 aliphatic rings. The number of ether oxygens (including phenoxy) is 1. The van der Waals surface area contributed by atoms with Gasteiger partial charge in [-0.3, -0.25) is 9.69 Å². The first-order chi connectivity index (χ1) is 9.42. The largest absolute Gasteiger partial charge is 0.496 e. The van der Waals surface area contributed by atoms with Crippen molar-refractivity contribution in [3.8, 4) is 5.75 Å². The summed E-state index contributed by atoms with van der Waals surface area (Å²) in [6.07, 6.45) is 0. The predicted octanol–water partition coefficient (Wildman–Crippen LogP) is 1.48. The molecule has 0 unspecified atom stereocenters. The monoisotopic (exact) mass is 279 g/mol. The second kappa shape index (κ2) is 7.75. The van der Waals surface area contributed by atoms with Crippen LogP contribution in [-0.2, 0) is 11.3 Å². The van der Waals surface area contributed by atoms with Crippen molar-refractivity contribution in [1.82, 2.24) is 10.2 Å². The molecule has 0 atom stereocenters. The number of nitrogens with zero attached hydrogens (tertiary/aromatic N) is 1. The average Bonchev–Trinajstić information content (AvgIpc) is 2.36. The Morgan fingerprint density at radius 3 is 2.75 bits per heavy atom. The Bertz CT molecular complexity index is 447. The fourth-order valence-corrected chi connectivity index (χ4v) is 1.89. The molecule has 3 N–H and O–H groups in total. The molecule has 5 heteroatoms. The number of nitrogen functional groups attached to an aromatic ring is 1. The normalized spacial score (nSPS) is 10.9. The molecule has 0 radical (unpaired) electrons. The summed E-state index contributed by atoms with van der Waals surface area (Å²) in [5.74, 6) is 1.27. The number of benzene rings is 1. The smallest absolute Gasteiger partial charge is 0.234 e. The van der Waals surface area contributed by atoms with Crippen LogP contribution in [0.2, 0.25) is 0 Å². The van der Waals surface area contributed by atoms with Crippen LogP contribution < -0.4 is 15.8 Å². The lowest BCUT2D eigenvalue weighted by Gasteiger charge is -2.18. The summed E-state index contributed by atoms with van der Waals surface area (Å²) in [5.41, 5.74) is 7.46. The third kappa shape index (κ3) is 5.48. The molecule has 0 heterocycles. The predicted molar refractivity (Wildman–Crippen MR) is 81.6 cm³/mol. The molecule has 20 heavy (non-hydrogen) atoms. The first-order valence-electron chi connectivity index (χ1n) is 6.80. The summed E-state index contributed by atoms with van der Waals surface area (Å²) in [6.45, 7) is 5.81. The third-order valence-electron chi connectivity index (χ3n) is 2.87. The molecule has 0 saturated heterocycles. The second-order valence-corrected chi connectivity index (χ2v) is 5.44. The zero-order chi connectivity index (χ0) is 15.1. The highest BCUT2D eigenvalue weighted by Gasteiger charge is 2.10. The van der Waals surface area contributed by atoms with E-state index in [1.807, 2.05) is 24.1 Å². The Hall–Kier alpha value is -1.75. The van der Waals surface area contributed by atoms with Gasteiger partial charge in [0.15, 0.2) is 0 Å². The van der Waals surface area contributed by atoms with Crippen molar-refractivity contribution >= 4 is 11.6 Å². The number of amides is 1. The van der Waals surface area contributed by atoms with Gasteiger partial charge in [0.25, 0.3) is 0 Å². The number of hydrogen-bond acceptors (Lipinski definition) is 4. The summed E-state index contributed by atoms with van der Waals surface area (Å²) >= 11 is 0. The Balaban J connectivity index is 2.55. The van der Waals surface area contributed by atoms with E-state index in [4.69, 9.17) is 10.5 Å². The lowest BCUT2D eigenvalue weighted by Crippen LogP contribution is -2.36. The van der Waals surface area contributed by atoms with Crippen LogP contribution in [0.4, 0.5) is 5.69 Å². The van der Waals surface area contributed by atoms with Crippen LogP contribution in [0.1, 0.15) is 19.4 Å². The highest BCUT2D eigenvalue weighted by Crippen LogP contribution is 2.22. The van der Waals surface area contributed by atoms with Gasteiger partial charge in [-0.05, 0) is 31.2 Å². The van der Waals surface area contributed by atoms with Crippen molar-refractivity contribution in [2.24, 2.45) is 5.92 Å². The quantitative estimate of drug-likeness (QED) is 0.742. The molecule has 0 aliphatic heterocycles. The molecule has 0 bridgehead atoms. The van der Waals surface area contributed by atoms with Crippen molar-refractivity contribution in [3.63, 3.8) is 0 Å². The number of nitrogens with two attached hydrogens (primary N) is 1. The Morgan fingerprint density at radius 1 is 1.45 bits per heavy atom. The first kappa shape index (κ1) is 16.3. The first-order valence-corrected chi connectivity index (χ1v) is 6.80. The maximum absolute atomic E-state index is 11.8. The molecule has 0 spiro atoms. The van der Waals surface area contributed by atoms with E-state index in [-0.39, 0.29) is 5.91 Å². The standard InChI is InChI=1S/C15H25N3O2/c1-11(2)8-17-15(19)10-18(3)9-12-7-13(16)5-6-14(12)20-4/h5-7,11H,8-10,16H2,1-4H3,(H,17,19). The SMILES string of the molecule is COc1ccc(N)cc1CN(C)CC(=O)NCC(C)C. The summed E-state index contributed by atoms with van der Waals surface area (Å²) in [5, 5.41) is 2.90. The van der Waals surface area contributed by atoms with Crippen molar-refractivity contribution in [3.05, 3.63) is 23.8 Å². The molecule has 1 aromatic carbocycles. The molecule has 112 valence electrons. The molecule has 0 aliphatic carbocycles. The third-order valence-corrected chi connectivity index (χ3v) is 2.87. The minimum absolute atomic E-state index is 0.0315. The van der Waals surface area contributed by atoms with Crippen LogP contribution in [0.3, 0.4) is 0 Å². The Labute approximate surface area is 121 Å². The summed E-state index contributed by atoms with van der Waals surface area (Å²) < 4.78 is 5.30. The van der Waals surface area contributed by atoms with Crippen LogP contribution in [0, 0.1) is 5.92 Å². The van der Waals surface area contributed by atoms with E-state index >= 15 is 0 Å². The fraction of sp³-hybridized carbons (Fsp3) is 0.533. The van der Waals surface area contributed by atoms with Gasteiger partial charge in [-0.15, -0.1) is 0 Å². The molecule has 1 rings (SSSR count). The molecular weight excluding hydrogens is 254 g/mol. The van der Waals surface area contributed by atoms with Crippen LogP contribution >= 0.6 is 0 Å². The van der Waals surface area contributed by atoms with E-state index in [1.54, 1.807) is 13.2 Å². The molecular formula is C15H25N3O2. The van der Waals surface area contributed by atoms with Crippen LogP contribution in [0.5, 0.6) is 5.75 Å². The molecule has 1 amide bonds. The number of likely N-dealkylation sites (N-methyl/N-ethyl adjacent to an activating group) is 1. The maximum atomic E-state index is 11.8. The topological polar surface area (TPSA) is 67.6 Å². The zero-order valence-corrected chi connectivity index (χ0v) is 12.8. The summed E-state index contributed by atoms with van der Waals surface area (Å²) in [4.78, 5) is 13.7. The number of carbonyl (C=O) groups excluding carboxylic acids is 1. The van der Waals surface area contributed by atoms with E-state index in [1.165, 1.54) is 0 Å². The van der Waals surface area contributed by atoms with Gasteiger partial charge in [0, 0.05) is 24.3 Å².